The van der Waals surface area contributed by atoms with E-state index >= 15 is 0 Å². The Kier molecular flexibility index (Phi) is 8.60. The first-order valence-corrected chi connectivity index (χ1v) is 11.1. The van der Waals surface area contributed by atoms with Crippen molar-refractivity contribution in [2.45, 2.75) is 25.2 Å². The van der Waals surface area contributed by atoms with Gasteiger partial charge in [0.2, 0.25) is 5.60 Å². The smallest absolute Gasteiger partial charge is 0.381 e. The molecule has 2 amide bonds. The number of benzene rings is 2. The third-order valence-corrected chi connectivity index (χ3v) is 5.84. The molecule has 0 bridgehead atoms. The number of amides is 2. The number of alkyl halides is 3. The Balaban J connectivity index is 2.18. The van der Waals surface area contributed by atoms with Crippen molar-refractivity contribution < 1.29 is 23.1 Å². The van der Waals surface area contributed by atoms with Crippen molar-refractivity contribution >= 4 is 59.5 Å². The van der Waals surface area contributed by atoms with Gasteiger partial charge >= 0.3 is 12.2 Å². The molecule has 0 saturated carbocycles. The molecule has 2 aromatic carbocycles. The number of rotatable bonds is 7. The topological polar surface area (TPSA) is 73.4 Å². The van der Waals surface area contributed by atoms with Gasteiger partial charge < -0.3 is 21.1 Å². The second-order valence-electron chi connectivity index (χ2n) is 6.39. The SMILES string of the molecule is CCNC(=O)NCc1ccc(NC[C@@](O)(c2cc(Br)cc(Br)c2)C(F)(F)F)cc1Br. The van der Waals surface area contributed by atoms with Gasteiger partial charge in [0.1, 0.15) is 0 Å². The fourth-order valence-corrected chi connectivity index (χ4v) is 4.40. The zero-order valence-electron chi connectivity index (χ0n) is 15.7. The predicted octanol–water partition coefficient (Wildman–Crippen LogP) is 5.66. The van der Waals surface area contributed by atoms with Crippen LogP contribution in [0.5, 0.6) is 0 Å². The summed E-state index contributed by atoms with van der Waals surface area (Å²) in [6.07, 6.45) is -4.91. The van der Waals surface area contributed by atoms with E-state index in [9.17, 15) is 23.1 Å². The summed E-state index contributed by atoms with van der Waals surface area (Å²) in [5.74, 6) is 0. The lowest BCUT2D eigenvalue weighted by Gasteiger charge is -2.32. The van der Waals surface area contributed by atoms with Crippen LogP contribution in [0.1, 0.15) is 18.1 Å². The van der Waals surface area contributed by atoms with Crippen molar-refractivity contribution in [1.82, 2.24) is 10.6 Å². The van der Waals surface area contributed by atoms with Crippen molar-refractivity contribution in [3.8, 4) is 0 Å². The predicted molar refractivity (Wildman–Crippen MR) is 120 cm³/mol. The van der Waals surface area contributed by atoms with Gasteiger partial charge in [-0.3, -0.25) is 0 Å². The van der Waals surface area contributed by atoms with E-state index in [1.54, 1.807) is 31.2 Å². The molecule has 0 saturated heterocycles. The molecule has 0 aliphatic heterocycles. The van der Waals surface area contributed by atoms with Crippen LogP contribution in [0, 0.1) is 0 Å². The maximum atomic E-state index is 13.8. The van der Waals surface area contributed by atoms with E-state index in [4.69, 9.17) is 0 Å². The lowest BCUT2D eigenvalue weighted by atomic mass is 9.93. The Morgan fingerprint density at radius 3 is 2.20 bits per heavy atom. The monoisotopic (exact) mass is 615 g/mol. The third-order valence-electron chi connectivity index (χ3n) is 4.19. The van der Waals surface area contributed by atoms with Crippen molar-refractivity contribution in [2.24, 2.45) is 0 Å². The summed E-state index contributed by atoms with van der Waals surface area (Å²) >= 11 is 9.65. The molecule has 0 radical (unpaired) electrons. The highest BCUT2D eigenvalue weighted by atomic mass is 79.9. The normalized spacial score (nSPS) is 13.5. The van der Waals surface area contributed by atoms with Gasteiger partial charge in [-0.1, -0.05) is 53.9 Å². The van der Waals surface area contributed by atoms with E-state index in [-0.39, 0.29) is 18.1 Å². The molecular weight excluding hydrogens is 599 g/mol. The number of aliphatic hydroxyl groups is 1. The number of halogens is 6. The number of hydrogen-bond acceptors (Lipinski definition) is 3. The second-order valence-corrected chi connectivity index (χ2v) is 9.07. The Morgan fingerprint density at radius 1 is 1.03 bits per heavy atom. The van der Waals surface area contributed by atoms with Gasteiger partial charge in [0, 0.05) is 32.2 Å². The van der Waals surface area contributed by atoms with Crippen LogP contribution in [0.15, 0.2) is 49.8 Å². The fraction of sp³-hybridized carbons (Fsp3) is 0.316. The highest BCUT2D eigenvalue weighted by molar-refractivity contribution is 9.11. The fourth-order valence-electron chi connectivity index (χ4n) is 2.59. The molecule has 0 heterocycles. The van der Waals surface area contributed by atoms with Gasteiger partial charge in [0.05, 0.1) is 6.54 Å². The average molecular weight is 618 g/mol. The van der Waals surface area contributed by atoms with E-state index in [1.807, 2.05) is 0 Å². The molecule has 4 N–H and O–H groups in total. The van der Waals surface area contributed by atoms with Crippen LogP contribution in [0.4, 0.5) is 23.7 Å². The molecule has 30 heavy (non-hydrogen) atoms. The Morgan fingerprint density at radius 2 is 1.67 bits per heavy atom. The molecule has 2 aromatic rings. The molecule has 1 atom stereocenters. The summed E-state index contributed by atoms with van der Waals surface area (Å²) in [5.41, 5.74) is -2.29. The Hall–Kier alpha value is -1.30. The lowest BCUT2D eigenvalue weighted by molar-refractivity contribution is -0.260. The number of urea groups is 1. The van der Waals surface area contributed by atoms with Crippen molar-refractivity contribution in [3.05, 3.63) is 60.9 Å². The van der Waals surface area contributed by atoms with E-state index < -0.39 is 18.3 Å². The first-order chi connectivity index (χ1) is 14.0. The molecule has 164 valence electrons. The van der Waals surface area contributed by atoms with E-state index in [0.717, 1.165) is 5.56 Å². The molecule has 0 fully saturated rings. The summed E-state index contributed by atoms with van der Waals surface area (Å²) in [7, 11) is 0. The number of carbonyl (C=O) groups excluding carboxylic acids is 1. The quantitative estimate of drug-likeness (QED) is 0.324. The highest BCUT2D eigenvalue weighted by Crippen LogP contribution is 2.41. The number of carbonyl (C=O) groups is 1. The van der Waals surface area contributed by atoms with Gasteiger partial charge in [-0.2, -0.15) is 13.2 Å². The molecule has 11 heteroatoms. The average Bonchev–Trinajstić information content (AvgIpc) is 2.63. The van der Waals surface area contributed by atoms with Crippen molar-refractivity contribution in [3.63, 3.8) is 0 Å². The first-order valence-electron chi connectivity index (χ1n) is 8.76. The van der Waals surface area contributed by atoms with Crippen molar-refractivity contribution in [1.29, 1.82) is 0 Å². The minimum atomic E-state index is -4.91. The van der Waals surface area contributed by atoms with E-state index in [0.29, 0.717) is 25.7 Å². The molecule has 0 aliphatic rings. The number of anilines is 1. The summed E-state index contributed by atoms with van der Waals surface area (Å²) in [4.78, 5) is 11.5. The van der Waals surface area contributed by atoms with Crippen LogP contribution >= 0.6 is 47.8 Å². The Labute approximate surface area is 197 Å². The van der Waals surface area contributed by atoms with Gasteiger partial charge in [-0.25, -0.2) is 4.79 Å². The van der Waals surface area contributed by atoms with Crippen LogP contribution in [0.2, 0.25) is 0 Å². The number of nitrogens with one attached hydrogen (secondary N) is 3. The largest absolute Gasteiger partial charge is 0.423 e. The summed E-state index contributed by atoms with van der Waals surface area (Å²) < 4.78 is 42.7. The third kappa shape index (κ3) is 6.35. The van der Waals surface area contributed by atoms with Crippen LogP contribution < -0.4 is 16.0 Å². The van der Waals surface area contributed by atoms with E-state index in [1.165, 1.54) is 12.1 Å². The van der Waals surface area contributed by atoms with Crippen LogP contribution in [0.3, 0.4) is 0 Å². The maximum Gasteiger partial charge on any atom is 0.423 e. The first kappa shape index (κ1) is 25.0. The van der Waals surface area contributed by atoms with Crippen molar-refractivity contribution in [2.75, 3.05) is 18.4 Å². The summed E-state index contributed by atoms with van der Waals surface area (Å²) in [6.45, 7) is 1.74. The standard InChI is InChI=1S/C19H19Br3F3N3O2/c1-2-26-17(29)27-9-11-3-4-15(8-16(11)22)28-10-18(30,19(23,24)25)12-5-13(20)7-14(21)6-12/h3-8,28,30H,2,9-10H2,1H3,(H2,26,27,29)/t18-/m1/s1. The van der Waals surface area contributed by atoms with Gasteiger partial charge in [0.15, 0.2) is 0 Å². The molecule has 0 spiro atoms. The Bertz CT molecular complexity index is 892. The molecular formula is C19H19Br3F3N3O2. The highest BCUT2D eigenvalue weighted by Gasteiger charge is 2.55. The van der Waals surface area contributed by atoms with Gasteiger partial charge in [-0.05, 0) is 48.4 Å². The zero-order chi connectivity index (χ0) is 22.5. The van der Waals surface area contributed by atoms with Crippen LogP contribution in [0.25, 0.3) is 0 Å². The minimum Gasteiger partial charge on any atom is -0.381 e. The summed E-state index contributed by atoms with van der Waals surface area (Å²) in [6, 6.07) is 8.55. The molecule has 2 rings (SSSR count). The maximum absolute atomic E-state index is 13.8. The molecule has 0 unspecified atom stereocenters. The molecule has 0 aliphatic carbocycles. The molecule has 5 nitrogen and oxygen atoms in total. The van der Waals surface area contributed by atoms with Crippen LogP contribution in [-0.2, 0) is 12.1 Å². The zero-order valence-corrected chi connectivity index (χ0v) is 20.5. The summed E-state index contributed by atoms with van der Waals surface area (Å²) in [5, 5.41) is 18.5. The van der Waals surface area contributed by atoms with Gasteiger partial charge in [0.25, 0.3) is 0 Å². The molecule has 0 aromatic heterocycles. The minimum absolute atomic E-state index is 0.241. The number of hydrogen-bond donors (Lipinski definition) is 4. The lowest BCUT2D eigenvalue weighted by Crippen LogP contribution is -2.47. The van der Waals surface area contributed by atoms with E-state index in [2.05, 4.69) is 63.7 Å². The van der Waals surface area contributed by atoms with Gasteiger partial charge in [-0.15, -0.1) is 0 Å². The van der Waals surface area contributed by atoms with Crippen LogP contribution in [-0.4, -0.2) is 30.4 Å². The second kappa shape index (κ2) is 10.3.